The summed E-state index contributed by atoms with van der Waals surface area (Å²) in [7, 11) is 1.37. The molecule has 1 aliphatic carbocycles. The van der Waals surface area contributed by atoms with E-state index in [1.165, 1.54) is 7.05 Å². The zero-order valence-electron chi connectivity index (χ0n) is 12.2. The number of likely N-dealkylation sites (N-methyl/N-ethyl adjacent to an activating group) is 1. The number of carboxylic acids is 1. The first-order valence-corrected chi connectivity index (χ1v) is 7.18. The molecule has 1 saturated carbocycles. The van der Waals surface area contributed by atoms with Crippen molar-refractivity contribution in [3.05, 3.63) is 0 Å². The minimum absolute atomic E-state index is 0.0528. The molecular weight excluding hydrogens is 276 g/mol. The molecule has 0 aromatic heterocycles. The van der Waals surface area contributed by atoms with Gasteiger partial charge in [0, 0.05) is 7.05 Å². The number of carboxylic acid groups (broad SMARTS) is 1. The Hall–Kier alpha value is -1.92. The molecule has 21 heavy (non-hydrogen) atoms. The second-order valence-corrected chi connectivity index (χ2v) is 5.85. The van der Waals surface area contributed by atoms with Crippen molar-refractivity contribution in [2.75, 3.05) is 7.05 Å². The van der Waals surface area contributed by atoms with Gasteiger partial charge in [0.25, 0.3) is 5.91 Å². The highest BCUT2D eigenvalue weighted by atomic mass is 16.4. The topological polar surface area (TPSA) is 104 Å². The van der Waals surface area contributed by atoms with Gasteiger partial charge in [-0.1, -0.05) is 13.3 Å². The van der Waals surface area contributed by atoms with Gasteiger partial charge in [-0.2, -0.15) is 0 Å². The van der Waals surface area contributed by atoms with Gasteiger partial charge in [0.2, 0.25) is 11.8 Å². The van der Waals surface area contributed by atoms with Gasteiger partial charge in [-0.15, -0.1) is 0 Å². The van der Waals surface area contributed by atoms with Crippen LogP contribution in [0.1, 0.15) is 32.6 Å². The first kappa shape index (κ1) is 15.5. The van der Waals surface area contributed by atoms with Crippen molar-refractivity contribution in [2.24, 2.45) is 17.8 Å². The van der Waals surface area contributed by atoms with Crippen LogP contribution >= 0.6 is 0 Å². The maximum Gasteiger partial charge on any atom is 0.307 e. The molecule has 116 valence electrons. The van der Waals surface area contributed by atoms with Crippen LogP contribution in [0.5, 0.6) is 0 Å². The summed E-state index contributed by atoms with van der Waals surface area (Å²) < 4.78 is 0. The van der Waals surface area contributed by atoms with Crippen molar-refractivity contribution >= 4 is 23.7 Å². The maximum atomic E-state index is 12.3. The summed E-state index contributed by atoms with van der Waals surface area (Å²) in [6, 6.07) is -0.856. The Balaban J connectivity index is 2.04. The predicted octanol–water partition coefficient (Wildman–Crippen LogP) is -0.00310. The van der Waals surface area contributed by atoms with E-state index < -0.39 is 35.7 Å². The first-order valence-electron chi connectivity index (χ1n) is 7.18. The molecule has 7 nitrogen and oxygen atoms in total. The van der Waals surface area contributed by atoms with Gasteiger partial charge < -0.3 is 10.4 Å². The van der Waals surface area contributed by atoms with Crippen molar-refractivity contribution < 1.29 is 24.3 Å². The fourth-order valence-corrected chi connectivity index (χ4v) is 3.19. The van der Waals surface area contributed by atoms with E-state index in [-0.39, 0.29) is 18.2 Å². The van der Waals surface area contributed by atoms with Crippen LogP contribution in [0.15, 0.2) is 0 Å². The smallest absolute Gasteiger partial charge is 0.307 e. The largest absolute Gasteiger partial charge is 0.481 e. The molecule has 0 spiro atoms. The van der Waals surface area contributed by atoms with Crippen LogP contribution in [0, 0.1) is 17.8 Å². The SMILES string of the molecule is CCC1CC(C(=O)O)C(C(=O)NC2CC(=O)N(C)C2=O)C1. The summed E-state index contributed by atoms with van der Waals surface area (Å²) in [6.07, 6.45) is 1.78. The summed E-state index contributed by atoms with van der Waals surface area (Å²) in [6.45, 7) is 1.97. The number of carbonyl (C=O) groups excluding carboxylic acids is 3. The molecule has 4 atom stereocenters. The van der Waals surface area contributed by atoms with E-state index in [0.717, 1.165) is 11.3 Å². The van der Waals surface area contributed by atoms with Gasteiger partial charge in [-0.3, -0.25) is 24.1 Å². The second-order valence-electron chi connectivity index (χ2n) is 5.85. The van der Waals surface area contributed by atoms with Crippen LogP contribution in [0.4, 0.5) is 0 Å². The van der Waals surface area contributed by atoms with Crippen molar-refractivity contribution in [2.45, 2.75) is 38.6 Å². The number of nitrogens with one attached hydrogen (secondary N) is 1. The summed E-state index contributed by atoms with van der Waals surface area (Å²) in [5, 5.41) is 11.8. The van der Waals surface area contributed by atoms with Gasteiger partial charge in [0.1, 0.15) is 6.04 Å². The molecule has 0 radical (unpaired) electrons. The Morgan fingerprint density at radius 1 is 1.29 bits per heavy atom. The third-order valence-corrected chi connectivity index (χ3v) is 4.59. The minimum Gasteiger partial charge on any atom is -0.481 e. The molecule has 1 aliphatic heterocycles. The number of amides is 3. The van der Waals surface area contributed by atoms with Crippen molar-refractivity contribution in [1.82, 2.24) is 10.2 Å². The Kier molecular flexibility index (Phi) is 4.29. The third kappa shape index (κ3) is 2.91. The maximum absolute atomic E-state index is 12.3. The van der Waals surface area contributed by atoms with Gasteiger partial charge in [-0.05, 0) is 18.8 Å². The van der Waals surface area contributed by atoms with Crippen LogP contribution in [-0.4, -0.2) is 46.8 Å². The summed E-state index contributed by atoms with van der Waals surface area (Å²) in [4.78, 5) is 47.7. The molecule has 4 unspecified atom stereocenters. The Bertz CT molecular complexity index is 490. The highest BCUT2D eigenvalue weighted by molar-refractivity contribution is 6.06. The fourth-order valence-electron chi connectivity index (χ4n) is 3.19. The summed E-state index contributed by atoms with van der Waals surface area (Å²) >= 11 is 0. The van der Waals surface area contributed by atoms with E-state index in [2.05, 4.69) is 5.32 Å². The highest BCUT2D eigenvalue weighted by Crippen LogP contribution is 2.38. The normalized spacial score (nSPS) is 32.6. The lowest BCUT2D eigenvalue weighted by atomic mass is 9.95. The predicted molar refractivity (Wildman–Crippen MR) is 72.0 cm³/mol. The van der Waals surface area contributed by atoms with Crippen molar-refractivity contribution in [3.63, 3.8) is 0 Å². The number of aliphatic carboxylic acids is 1. The first-order chi connectivity index (χ1) is 9.85. The molecule has 2 rings (SSSR count). The Morgan fingerprint density at radius 2 is 1.90 bits per heavy atom. The molecule has 1 heterocycles. The standard InChI is InChI=1S/C14H20N2O5/c1-3-7-4-8(9(5-7)14(20)21)12(18)15-10-6-11(17)16(2)13(10)19/h7-10H,3-6H2,1-2H3,(H,15,18)(H,20,21). The highest BCUT2D eigenvalue weighted by Gasteiger charge is 2.44. The molecule has 0 bridgehead atoms. The van der Waals surface area contributed by atoms with Crippen LogP contribution < -0.4 is 5.32 Å². The quantitative estimate of drug-likeness (QED) is 0.710. The minimum atomic E-state index is -0.975. The molecule has 3 amide bonds. The molecule has 0 aromatic rings. The number of nitrogens with zero attached hydrogens (tertiary/aromatic N) is 1. The zero-order chi connectivity index (χ0) is 15.7. The number of imide groups is 1. The molecular formula is C14H20N2O5. The monoisotopic (exact) mass is 296 g/mol. The summed E-state index contributed by atoms with van der Waals surface area (Å²) in [5.74, 6) is -3.30. The molecule has 0 aromatic carbocycles. The van der Waals surface area contributed by atoms with E-state index in [4.69, 9.17) is 0 Å². The molecule has 2 N–H and O–H groups in total. The second kappa shape index (κ2) is 5.83. The molecule has 1 saturated heterocycles. The van der Waals surface area contributed by atoms with E-state index in [1.807, 2.05) is 6.92 Å². The van der Waals surface area contributed by atoms with Crippen LogP contribution in [0.3, 0.4) is 0 Å². The zero-order valence-corrected chi connectivity index (χ0v) is 12.2. The van der Waals surface area contributed by atoms with Crippen LogP contribution in [0.2, 0.25) is 0 Å². The van der Waals surface area contributed by atoms with Crippen molar-refractivity contribution in [3.8, 4) is 0 Å². The van der Waals surface area contributed by atoms with Crippen LogP contribution in [-0.2, 0) is 19.2 Å². The average molecular weight is 296 g/mol. The third-order valence-electron chi connectivity index (χ3n) is 4.59. The van der Waals surface area contributed by atoms with Gasteiger partial charge in [0.15, 0.2) is 0 Å². The van der Waals surface area contributed by atoms with E-state index in [0.29, 0.717) is 12.8 Å². The molecule has 2 aliphatic rings. The average Bonchev–Trinajstić information content (AvgIpc) is 2.97. The van der Waals surface area contributed by atoms with Gasteiger partial charge in [-0.25, -0.2) is 0 Å². The number of rotatable bonds is 4. The summed E-state index contributed by atoms with van der Waals surface area (Å²) in [5.41, 5.74) is 0. The lowest BCUT2D eigenvalue weighted by molar-refractivity contribution is -0.146. The Morgan fingerprint density at radius 3 is 2.38 bits per heavy atom. The van der Waals surface area contributed by atoms with E-state index >= 15 is 0 Å². The Labute approximate surface area is 122 Å². The van der Waals surface area contributed by atoms with E-state index in [1.54, 1.807) is 0 Å². The number of likely N-dealkylation sites (tertiary alicyclic amines) is 1. The van der Waals surface area contributed by atoms with E-state index in [9.17, 15) is 24.3 Å². The van der Waals surface area contributed by atoms with Crippen LogP contribution in [0.25, 0.3) is 0 Å². The lowest BCUT2D eigenvalue weighted by Crippen LogP contribution is -2.44. The number of hydrogen-bond donors (Lipinski definition) is 2. The van der Waals surface area contributed by atoms with Crippen molar-refractivity contribution in [1.29, 1.82) is 0 Å². The fraction of sp³-hybridized carbons (Fsp3) is 0.714. The lowest BCUT2D eigenvalue weighted by Gasteiger charge is -2.18. The van der Waals surface area contributed by atoms with Gasteiger partial charge >= 0.3 is 5.97 Å². The van der Waals surface area contributed by atoms with Gasteiger partial charge in [0.05, 0.1) is 18.3 Å². The molecule has 2 fully saturated rings. The molecule has 7 heteroatoms. The number of carbonyl (C=O) groups is 4. The number of hydrogen-bond acceptors (Lipinski definition) is 4.